The molecule has 0 aliphatic heterocycles. The fraction of sp³-hybridized carbons (Fsp3) is 0.500. The minimum atomic E-state index is 0.826. The summed E-state index contributed by atoms with van der Waals surface area (Å²) in [6.45, 7) is 7.55. The molecule has 0 aliphatic rings. The lowest BCUT2D eigenvalue weighted by Gasteiger charge is -2.12. The van der Waals surface area contributed by atoms with Crippen LogP contribution in [-0.4, -0.2) is 47.2 Å². The largest absolute Gasteiger partial charge is 0.357 e. The van der Waals surface area contributed by atoms with E-state index in [0.29, 0.717) is 0 Å². The topological polar surface area (TPSA) is 54.2 Å². The summed E-state index contributed by atoms with van der Waals surface area (Å²) in [7, 11) is 0. The lowest BCUT2D eigenvalue weighted by molar-refractivity contribution is 0.661. The monoisotopic (exact) mass is 319 g/mol. The van der Waals surface area contributed by atoms with Crippen LogP contribution in [0.1, 0.15) is 12.7 Å². The molecular weight excluding hydrogens is 294 g/mol. The highest BCUT2D eigenvalue weighted by Gasteiger charge is 2.06. The summed E-state index contributed by atoms with van der Waals surface area (Å²) in [5.41, 5.74) is 2.24. The first-order valence-corrected chi connectivity index (χ1v) is 9.08. The third-order valence-electron chi connectivity index (χ3n) is 3.38. The number of hydrogen-bond donors (Lipinski definition) is 2. The number of nitrogens with one attached hydrogen (secondary N) is 2. The molecule has 5 nitrogen and oxygen atoms in total. The van der Waals surface area contributed by atoms with Crippen LogP contribution in [0.5, 0.6) is 0 Å². The second-order valence-corrected chi connectivity index (χ2v) is 5.97. The van der Waals surface area contributed by atoms with E-state index in [-0.39, 0.29) is 0 Å². The number of imidazole rings is 1. The van der Waals surface area contributed by atoms with Gasteiger partial charge in [-0.05, 0) is 32.2 Å². The SMILES string of the molecule is CCNC(=NCCSC)NCCn1c(C)nc2ccccc21. The Kier molecular flexibility index (Phi) is 6.58. The molecule has 120 valence electrons. The first-order valence-electron chi connectivity index (χ1n) is 7.69. The maximum Gasteiger partial charge on any atom is 0.191 e. The van der Waals surface area contributed by atoms with E-state index in [1.165, 1.54) is 5.52 Å². The van der Waals surface area contributed by atoms with Gasteiger partial charge in [0, 0.05) is 25.4 Å². The van der Waals surface area contributed by atoms with Crippen molar-refractivity contribution >= 4 is 28.8 Å². The van der Waals surface area contributed by atoms with Crippen LogP contribution in [0.15, 0.2) is 29.3 Å². The summed E-state index contributed by atoms with van der Waals surface area (Å²) in [6.07, 6.45) is 2.10. The maximum atomic E-state index is 4.59. The molecule has 1 aromatic heterocycles. The second-order valence-electron chi connectivity index (χ2n) is 4.98. The van der Waals surface area contributed by atoms with Gasteiger partial charge in [-0.2, -0.15) is 11.8 Å². The van der Waals surface area contributed by atoms with Crippen LogP contribution in [0.25, 0.3) is 11.0 Å². The fourth-order valence-corrected chi connectivity index (χ4v) is 2.63. The molecule has 0 atom stereocenters. The Morgan fingerprint density at radius 3 is 2.91 bits per heavy atom. The fourth-order valence-electron chi connectivity index (χ4n) is 2.35. The zero-order valence-electron chi connectivity index (χ0n) is 13.6. The van der Waals surface area contributed by atoms with Crippen molar-refractivity contribution < 1.29 is 0 Å². The van der Waals surface area contributed by atoms with Crippen LogP contribution in [0, 0.1) is 6.92 Å². The molecule has 2 N–H and O–H groups in total. The third-order valence-corrected chi connectivity index (χ3v) is 3.97. The van der Waals surface area contributed by atoms with Crippen molar-refractivity contribution in [2.24, 2.45) is 4.99 Å². The second kappa shape index (κ2) is 8.68. The van der Waals surface area contributed by atoms with E-state index in [4.69, 9.17) is 0 Å². The summed E-state index contributed by atoms with van der Waals surface area (Å²) >= 11 is 1.81. The predicted molar refractivity (Wildman–Crippen MR) is 96.8 cm³/mol. The summed E-state index contributed by atoms with van der Waals surface area (Å²) in [5, 5.41) is 6.67. The number of nitrogens with zero attached hydrogens (tertiary/aromatic N) is 3. The molecule has 1 aromatic carbocycles. The van der Waals surface area contributed by atoms with E-state index in [1.54, 1.807) is 0 Å². The lowest BCUT2D eigenvalue weighted by atomic mass is 10.3. The molecule has 0 unspecified atom stereocenters. The number of benzene rings is 1. The van der Waals surface area contributed by atoms with Crippen LogP contribution in [0.4, 0.5) is 0 Å². The van der Waals surface area contributed by atoms with Gasteiger partial charge >= 0.3 is 0 Å². The lowest BCUT2D eigenvalue weighted by Crippen LogP contribution is -2.39. The van der Waals surface area contributed by atoms with Gasteiger partial charge in [0.1, 0.15) is 5.82 Å². The van der Waals surface area contributed by atoms with E-state index in [2.05, 4.69) is 63.5 Å². The highest BCUT2D eigenvalue weighted by atomic mass is 32.2. The average molecular weight is 319 g/mol. The summed E-state index contributed by atoms with van der Waals surface area (Å²) < 4.78 is 2.24. The predicted octanol–water partition coefficient (Wildman–Crippen LogP) is 2.26. The minimum absolute atomic E-state index is 0.826. The number of aromatic nitrogens is 2. The number of hydrogen-bond acceptors (Lipinski definition) is 3. The van der Waals surface area contributed by atoms with Crippen LogP contribution < -0.4 is 10.6 Å². The maximum absolute atomic E-state index is 4.59. The van der Waals surface area contributed by atoms with Gasteiger partial charge in [0.05, 0.1) is 17.6 Å². The number of fused-ring (bicyclic) bond motifs is 1. The molecule has 2 aromatic rings. The van der Waals surface area contributed by atoms with Crippen molar-refractivity contribution in [2.75, 3.05) is 31.6 Å². The van der Waals surface area contributed by atoms with Gasteiger partial charge in [-0.3, -0.25) is 4.99 Å². The molecule has 0 radical (unpaired) electrons. The number of para-hydroxylation sites is 2. The van der Waals surface area contributed by atoms with Crippen molar-refractivity contribution in [3.8, 4) is 0 Å². The molecule has 0 spiro atoms. The Balaban J connectivity index is 1.96. The van der Waals surface area contributed by atoms with Crippen LogP contribution in [-0.2, 0) is 6.54 Å². The van der Waals surface area contributed by atoms with Gasteiger partial charge in [-0.15, -0.1) is 0 Å². The first-order chi connectivity index (χ1) is 10.8. The number of aliphatic imine (C=N–C) groups is 1. The van der Waals surface area contributed by atoms with Crippen LogP contribution >= 0.6 is 11.8 Å². The summed E-state index contributed by atoms with van der Waals surface area (Å²) in [5.74, 6) is 2.98. The van der Waals surface area contributed by atoms with Gasteiger partial charge < -0.3 is 15.2 Å². The molecule has 6 heteroatoms. The molecule has 0 amide bonds. The molecule has 0 fully saturated rings. The molecule has 2 rings (SSSR count). The standard InChI is InChI=1S/C16H25N5S/c1-4-17-16(19-10-12-22-3)18-9-11-21-13(2)20-14-7-5-6-8-15(14)21/h5-8H,4,9-12H2,1-3H3,(H2,17,18,19). The van der Waals surface area contributed by atoms with E-state index in [1.807, 2.05) is 17.8 Å². The quantitative estimate of drug-likeness (QED) is 0.467. The molecule has 0 aliphatic carbocycles. The zero-order valence-corrected chi connectivity index (χ0v) is 14.4. The third kappa shape index (κ3) is 4.40. The molecule has 1 heterocycles. The average Bonchev–Trinajstić information content (AvgIpc) is 2.83. The van der Waals surface area contributed by atoms with Crippen molar-refractivity contribution in [1.82, 2.24) is 20.2 Å². The van der Waals surface area contributed by atoms with E-state index in [0.717, 1.165) is 49.2 Å². The number of rotatable bonds is 7. The molecular formula is C16H25N5S. The molecule has 22 heavy (non-hydrogen) atoms. The van der Waals surface area contributed by atoms with Gasteiger partial charge in [-0.25, -0.2) is 4.98 Å². The number of aryl methyl sites for hydroxylation is 1. The smallest absolute Gasteiger partial charge is 0.191 e. The normalized spacial score (nSPS) is 11.9. The Bertz CT molecular complexity index is 620. The Morgan fingerprint density at radius 1 is 1.32 bits per heavy atom. The summed E-state index contributed by atoms with van der Waals surface area (Å²) in [6, 6.07) is 8.26. The number of guanidine groups is 1. The summed E-state index contributed by atoms with van der Waals surface area (Å²) in [4.78, 5) is 9.15. The highest BCUT2D eigenvalue weighted by molar-refractivity contribution is 7.98. The van der Waals surface area contributed by atoms with E-state index in [9.17, 15) is 0 Å². The van der Waals surface area contributed by atoms with Crippen molar-refractivity contribution in [2.45, 2.75) is 20.4 Å². The molecule has 0 saturated heterocycles. The van der Waals surface area contributed by atoms with Gasteiger partial charge in [0.2, 0.25) is 0 Å². The van der Waals surface area contributed by atoms with Crippen molar-refractivity contribution in [3.63, 3.8) is 0 Å². The minimum Gasteiger partial charge on any atom is -0.357 e. The highest BCUT2D eigenvalue weighted by Crippen LogP contribution is 2.14. The van der Waals surface area contributed by atoms with Crippen molar-refractivity contribution in [1.29, 1.82) is 0 Å². The zero-order chi connectivity index (χ0) is 15.8. The van der Waals surface area contributed by atoms with Gasteiger partial charge in [0.15, 0.2) is 5.96 Å². The van der Waals surface area contributed by atoms with Crippen molar-refractivity contribution in [3.05, 3.63) is 30.1 Å². The molecule has 0 saturated carbocycles. The Morgan fingerprint density at radius 2 is 2.14 bits per heavy atom. The number of thioether (sulfide) groups is 1. The first kappa shape index (κ1) is 16.7. The Labute approximate surface area is 136 Å². The van der Waals surface area contributed by atoms with Crippen LogP contribution in [0.2, 0.25) is 0 Å². The van der Waals surface area contributed by atoms with E-state index >= 15 is 0 Å². The van der Waals surface area contributed by atoms with Gasteiger partial charge in [0.25, 0.3) is 0 Å². The Hall–Kier alpha value is -1.69. The van der Waals surface area contributed by atoms with E-state index < -0.39 is 0 Å². The van der Waals surface area contributed by atoms with Gasteiger partial charge in [-0.1, -0.05) is 12.1 Å². The van der Waals surface area contributed by atoms with Crippen LogP contribution in [0.3, 0.4) is 0 Å². The molecule has 0 bridgehead atoms.